The average Bonchev–Trinajstić information content (AvgIpc) is 3.04. The van der Waals surface area contributed by atoms with Crippen LogP contribution in [0.1, 0.15) is 27.2 Å². The third-order valence-electron chi connectivity index (χ3n) is 4.32. The molecule has 1 amide bonds. The number of aromatic nitrogens is 2. The number of aromatic hydroxyl groups is 1. The normalized spacial score (nSPS) is 10.6. The average molecular weight is 365 g/mol. The number of aromatic amines is 1. The molecule has 0 radical (unpaired) electrons. The summed E-state index contributed by atoms with van der Waals surface area (Å²) in [6.45, 7) is 0.461. The number of nitrogens with zero attached hydrogens (tertiary/aromatic N) is 2. The van der Waals surface area contributed by atoms with Gasteiger partial charge in [-0.25, -0.2) is 0 Å². The minimum atomic E-state index is -0.531. The van der Waals surface area contributed by atoms with Gasteiger partial charge in [-0.05, 0) is 35.4 Å². The first-order valence-corrected chi connectivity index (χ1v) is 8.59. The SMILES string of the molecule is CN(C)c1ccc(Cc2[nH]nc(NCc3ccc(O)cc3)c2C(N)=O)cc1. The highest BCUT2D eigenvalue weighted by molar-refractivity contribution is 5.98. The zero-order chi connectivity index (χ0) is 19.4. The van der Waals surface area contributed by atoms with Gasteiger partial charge in [0.15, 0.2) is 5.82 Å². The number of nitrogens with one attached hydrogen (secondary N) is 2. The molecule has 0 saturated carbocycles. The minimum absolute atomic E-state index is 0.207. The van der Waals surface area contributed by atoms with Crippen molar-refractivity contribution in [3.05, 3.63) is 70.9 Å². The van der Waals surface area contributed by atoms with Crippen molar-refractivity contribution < 1.29 is 9.90 Å². The second kappa shape index (κ2) is 7.82. The minimum Gasteiger partial charge on any atom is -0.508 e. The van der Waals surface area contributed by atoms with E-state index in [1.54, 1.807) is 24.3 Å². The molecule has 3 aromatic rings. The quantitative estimate of drug-likeness (QED) is 0.514. The van der Waals surface area contributed by atoms with E-state index < -0.39 is 5.91 Å². The lowest BCUT2D eigenvalue weighted by Crippen LogP contribution is -2.15. The molecular weight excluding hydrogens is 342 g/mol. The summed E-state index contributed by atoms with van der Waals surface area (Å²) < 4.78 is 0. The largest absolute Gasteiger partial charge is 0.508 e. The van der Waals surface area contributed by atoms with Gasteiger partial charge in [0.1, 0.15) is 11.3 Å². The van der Waals surface area contributed by atoms with Crippen molar-refractivity contribution in [2.75, 3.05) is 24.3 Å². The molecule has 5 N–H and O–H groups in total. The Kier molecular flexibility index (Phi) is 5.30. The van der Waals surface area contributed by atoms with Gasteiger partial charge >= 0.3 is 0 Å². The molecule has 140 valence electrons. The van der Waals surface area contributed by atoms with Gasteiger partial charge in [0.05, 0.1) is 5.69 Å². The molecule has 2 aromatic carbocycles. The molecule has 0 fully saturated rings. The summed E-state index contributed by atoms with van der Waals surface area (Å²) in [7, 11) is 3.97. The maximum absolute atomic E-state index is 12.0. The van der Waals surface area contributed by atoms with Gasteiger partial charge in [0.25, 0.3) is 5.91 Å². The highest BCUT2D eigenvalue weighted by Crippen LogP contribution is 2.21. The maximum Gasteiger partial charge on any atom is 0.254 e. The third kappa shape index (κ3) is 4.38. The number of hydrogen-bond donors (Lipinski definition) is 4. The molecule has 0 spiro atoms. The molecule has 7 heteroatoms. The van der Waals surface area contributed by atoms with Crippen molar-refractivity contribution in [2.45, 2.75) is 13.0 Å². The van der Waals surface area contributed by atoms with Gasteiger partial charge in [-0.15, -0.1) is 0 Å². The van der Waals surface area contributed by atoms with Crippen LogP contribution in [0.25, 0.3) is 0 Å². The van der Waals surface area contributed by atoms with Crippen LogP contribution >= 0.6 is 0 Å². The van der Waals surface area contributed by atoms with Crippen LogP contribution in [0, 0.1) is 0 Å². The highest BCUT2D eigenvalue weighted by atomic mass is 16.3. The van der Waals surface area contributed by atoms with Crippen molar-refractivity contribution >= 4 is 17.4 Å². The van der Waals surface area contributed by atoms with Crippen LogP contribution < -0.4 is 16.0 Å². The molecule has 1 heterocycles. The monoisotopic (exact) mass is 365 g/mol. The highest BCUT2D eigenvalue weighted by Gasteiger charge is 2.18. The summed E-state index contributed by atoms with van der Waals surface area (Å²) in [6, 6.07) is 14.9. The molecule has 27 heavy (non-hydrogen) atoms. The molecule has 0 aliphatic heterocycles. The maximum atomic E-state index is 12.0. The molecule has 1 aromatic heterocycles. The zero-order valence-corrected chi connectivity index (χ0v) is 15.4. The fraction of sp³-hybridized carbons (Fsp3) is 0.200. The van der Waals surface area contributed by atoms with Gasteiger partial charge in [0.2, 0.25) is 0 Å². The summed E-state index contributed by atoms with van der Waals surface area (Å²) >= 11 is 0. The van der Waals surface area contributed by atoms with Gasteiger partial charge in [-0.1, -0.05) is 24.3 Å². The molecule has 0 atom stereocenters. The van der Waals surface area contributed by atoms with Crippen LogP contribution in [0.15, 0.2) is 48.5 Å². The first-order chi connectivity index (χ1) is 12.9. The second-order valence-corrected chi connectivity index (χ2v) is 6.55. The van der Waals surface area contributed by atoms with E-state index in [0.29, 0.717) is 30.0 Å². The van der Waals surface area contributed by atoms with E-state index >= 15 is 0 Å². The molecule has 7 nitrogen and oxygen atoms in total. The summed E-state index contributed by atoms with van der Waals surface area (Å²) in [5, 5.41) is 19.6. The Balaban J connectivity index is 1.76. The Hall–Kier alpha value is -3.48. The number of H-pyrrole nitrogens is 1. The summed E-state index contributed by atoms with van der Waals surface area (Å²) in [4.78, 5) is 14.0. The molecule has 0 aliphatic carbocycles. The topological polar surface area (TPSA) is 107 Å². The predicted molar refractivity (Wildman–Crippen MR) is 106 cm³/mol. The molecule has 0 bridgehead atoms. The fourth-order valence-electron chi connectivity index (χ4n) is 2.82. The molecule has 0 saturated heterocycles. The van der Waals surface area contributed by atoms with E-state index in [2.05, 4.69) is 15.5 Å². The van der Waals surface area contributed by atoms with Crippen molar-refractivity contribution in [2.24, 2.45) is 5.73 Å². The Morgan fingerprint density at radius 2 is 1.74 bits per heavy atom. The Labute approximate surface area is 157 Å². The number of carbonyl (C=O) groups excluding carboxylic acids is 1. The van der Waals surface area contributed by atoms with Gasteiger partial charge in [0, 0.05) is 32.7 Å². The van der Waals surface area contributed by atoms with Gasteiger partial charge in [-0.2, -0.15) is 5.10 Å². The van der Waals surface area contributed by atoms with Crippen LogP contribution in [0.4, 0.5) is 11.5 Å². The second-order valence-electron chi connectivity index (χ2n) is 6.55. The lowest BCUT2D eigenvalue weighted by molar-refractivity contribution is 0.100. The molecule has 3 rings (SSSR count). The number of anilines is 2. The number of carbonyl (C=O) groups is 1. The van der Waals surface area contributed by atoms with Gasteiger partial charge < -0.3 is 21.1 Å². The lowest BCUT2D eigenvalue weighted by atomic mass is 10.1. The number of nitrogens with two attached hydrogens (primary N) is 1. The number of primary amides is 1. The Morgan fingerprint density at radius 3 is 2.33 bits per heavy atom. The summed E-state index contributed by atoms with van der Waals surface area (Å²) in [6.07, 6.45) is 0.528. The number of rotatable bonds is 7. The number of phenols is 1. The number of phenolic OH excluding ortho intramolecular Hbond substituents is 1. The zero-order valence-electron chi connectivity index (χ0n) is 15.4. The van der Waals surface area contributed by atoms with Crippen LogP contribution in [0.3, 0.4) is 0 Å². The first-order valence-electron chi connectivity index (χ1n) is 8.59. The lowest BCUT2D eigenvalue weighted by Gasteiger charge is -2.12. The van der Waals surface area contributed by atoms with E-state index in [0.717, 1.165) is 16.8 Å². The van der Waals surface area contributed by atoms with E-state index in [1.165, 1.54) is 0 Å². The molecule has 0 aliphatic rings. The summed E-state index contributed by atoms with van der Waals surface area (Å²) in [5.41, 5.74) is 9.74. The van der Waals surface area contributed by atoms with E-state index in [9.17, 15) is 9.90 Å². The molecule has 0 unspecified atom stereocenters. The Bertz CT molecular complexity index is 915. The van der Waals surface area contributed by atoms with Crippen LogP contribution in [0.2, 0.25) is 0 Å². The standard InChI is InChI=1S/C20H23N5O2/c1-25(2)15-7-3-13(4-8-15)11-17-18(19(21)27)20(24-23-17)22-12-14-5-9-16(26)10-6-14/h3-10,26H,11-12H2,1-2H3,(H2,21,27)(H2,22,23,24). The Morgan fingerprint density at radius 1 is 1.11 bits per heavy atom. The number of hydrogen-bond acceptors (Lipinski definition) is 5. The van der Waals surface area contributed by atoms with Crippen LogP contribution in [-0.2, 0) is 13.0 Å². The van der Waals surface area contributed by atoms with Crippen LogP contribution in [0.5, 0.6) is 5.75 Å². The first kappa shape index (κ1) is 18.3. The van der Waals surface area contributed by atoms with E-state index in [1.807, 2.05) is 43.3 Å². The van der Waals surface area contributed by atoms with Crippen molar-refractivity contribution in [3.63, 3.8) is 0 Å². The van der Waals surface area contributed by atoms with E-state index in [4.69, 9.17) is 5.73 Å². The van der Waals surface area contributed by atoms with Crippen LogP contribution in [-0.4, -0.2) is 35.3 Å². The van der Waals surface area contributed by atoms with Crippen molar-refractivity contribution in [1.82, 2.24) is 10.2 Å². The fourth-order valence-corrected chi connectivity index (χ4v) is 2.82. The van der Waals surface area contributed by atoms with E-state index in [-0.39, 0.29) is 5.75 Å². The molecular formula is C20H23N5O2. The smallest absolute Gasteiger partial charge is 0.254 e. The van der Waals surface area contributed by atoms with Crippen molar-refractivity contribution in [1.29, 1.82) is 0 Å². The third-order valence-corrected chi connectivity index (χ3v) is 4.32. The predicted octanol–water partition coefficient (Wildman–Crippen LogP) is 2.48. The van der Waals surface area contributed by atoms with Gasteiger partial charge in [-0.3, -0.25) is 9.89 Å². The summed E-state index contributed by atoms with van der Waals surface area (Å²) in [5.74, 6) is 0.103. The number of amides is 1. The number of benzene rings is 2. The van der Waals surface area contributed by atoms with Crippen molar-refractivity contribution in [3.8, 4) is 5.75 Å².